The van der Waals surface area contributed by atoms with Gasteiger partial charge in [-0.3, -0.25) is 0 Å². The maximum absolute atomic E-state index is 13.0. The molecule has 1 aromatic rings. The quantitative estimate of drug-likeness (QED) is 0.825. The Morgan fingerprint density at radius 3 is 2.56 bits per heavy atom. The largest absolute Gasteiger partial charge is 0.312 e. The van der Waals surface area contributed by atoms with Gasteiger partial charge in [0.1, 0.15) is 5.82 Å². The minimum atomic E-state index is -0.145. The van der Waals surface area contributed by atoms with Crippen LogP contribution in [-0.4, -0.2) is 12.1 Å². The van der Waals surface area contributed by atoms with E-state index >= 15 is 0 Å². The van der Waals surface area contributed by atoms with Crippen LogP contribution in [0.3, 0.4) is 0 Å². The fourth-order valence-electron chi connectivity index (χ4n) is 1.62. The first-order chi connectivity index (χ1) is 7.37. The van der Waals surface area contributed by atoms with Crippen LogP contribution >= 0.6 is 0 Å². The summed E-state index contributed by atoms with van der Waals surface area (Å²) in [5, 5.41) is 3.46. The zero-order chi connectivity index (χ0) is 12.2. The molecule has 0 aliphatic carbocycles. The molecule has 1 rings (SSSR count). The van der Waals surface area contributed by atoms with Crippen LogP contribution in [0.2, 0.25) is 0 Å². The van der Waals surface area contributed by atoms with Gasteiger partial charge in [-0.1, -0.05) is 19.1 Å². The van der Waals surface area contributed by atoms with Crippen LogP contribution < -0.4 is 5.32 Å². The molecule has 0 aliphatic rings. The Labute approximate surface area is 98.1 Å². The maximum atomic E-state index is 13.0. The topological polar surface area (TPSA) is 12.0 Å². The summed E-state index contributed by atoms with van der Waals surface area (Å²) in [6.07, 6.45) is 0.918. The van der Waals surface area contributed by atoms with Crippen molar-refractivity contribution in [3.8, 4) is 0 Å². The molecule has 0 amide bonds. The van der Waals surface area contributed by atoms with E-state index in [9.17, 15) is 4.39 Å². The van der Waals surface area contributed by atoms with Gasteiger partial charge in [0.05, 0.1) is 0 Å². The molecule has 0 aliphatic heterocycles. The lowest BCUT2D eigenvalue weighted by molar-refractivity contribution is 0.381. The zero-order valence-electron chi connectivity index (χ0n) is 10.7. The molecule has 0 radical (unpaired) electrons. The van der Waals surface area contributed by atoms with Gasteiger partial charge >= 0.3 is 0 Å². The van der Waals surface area contributed by atoms with Crippen molar-refractivity contribution in [2.24, 2.45) is 5.92 Å². The number of benzene rings is 1. The van der Waals surface area contributed by atoms with E-state index in [4.69, 9.17) is 0 Å². The Morgan fingerprint density at radius 2 is 2.00 bits per heavy atom. The summed E-state index contributed by atoms with van der Waals surface area (Å²) in [6.45, 7) is 9.61. The van der Waals surface area contributed by atoms with E-state index in [1.54, 1.807) is 12.1 Å². The second-order valence-electron chi connectivity index (χ2n) is 5.57. The number of hydrogen-bond donors (Lipinski definition) is 1. The highest BCUT2D eigenvalue weighted by molar-refractivity contribution is 5.16. The van der Waals surface area contributed by atoms with E-state index in [0.717, 1.165) is 18.5 Å². The van der Waals surface area contributed by atoms with E-state index in [2.05, 4.69) is 33.0 Å². The average molecular weight is 223 g/mol. The summed E-state index contributed by atoms with van der Waals surface area (Å²) in [5.41, 5.74) is 1.22. The lowest BCUT2D eigenvalue weighted by Crippen LogP contribution is -2.39. The van der Waals surface area contributed by atoms with Gasteiger partial charge in [0.25, 0.3) is 0 Å². The second-order valence-corrected chi connectivity index (χ2v) is 5.57. The normalized spacial score (nSPS) is 13.8. The minimum absolute atomic E-state index is 0.145. The molecule has 1 atom stereocenters. The molecule has 0 fully saturated rings. The molecule has 2 heteroatoms. The lowest BCUT2D eigenvalue weighted by Gasteiger charge is -2.23. The summed E-state index contributed by atoms with van der Waals surface area (Å²) in [6, 6.07) is 6.86. The highest BCUT2D eigenvalue weighted by atomic mass is 19.1. The van der Waals surface area contributed by atoms with Crippen molar-refractivity contribution in [2.45, 2.75) is 39.7 Å². The molecule has 0 heterocycles. The Balaban J connectivity index is 2.43. The monoisotopic (exact) mass is 223 g/mol. The predicted molar refractivity (Wildman–Crippen MR) is 67.0 cm³/mol. The Hall–Kier alpha value is -0.890. The van der Waals surface area contributed by atoms with Gasteiger partial charge in [-0.15, -0.1) is 0 Å². The number of hydrogen-bond acceptors (Lipinski definition) is 1. The molecule has 0 saturated heterocycles. The van der Waals surface area contributed by atoms with Crippen molar-refractivity contribution in [3.05, 3.63) is 35.6 Å². The van der Waals surface area contributed by atoms with Crippen LogP contribution in [0, 0.1) is 11.7 Å². The molecular formula is C14H22FN. The van der Waals surface area contributed by atoms with Gasteiger partial charge in [0.2, 0.25) is 0 Å². The molecule has 1 aromatic carbocycles. The Kier molecular flexibility index (Phi) is 4.48. The van der Waals surface area contributed by atoms with Crippen LogP contribution in [0.5, 0.6) is 0 Å². The van der Waals surface area contributed by atoms with Gasteiger partial charge in [0, 0.05) is 5.54 Å². The van der Waals surface area contributed by atoms with E-state index < -0.39 is 0 Å². The summed E-state index contributed by atoms with van der Waals surface area (Å²) in [5.74, 6) is 0.370. The third-order valence-corrected chi connectivity index (χ3v) is 2.45. The molecule has 0 saturated carbocycles. The third kappa shape index (κ3) is 5.26. The number of halogens is 1. The van der Waals surface area contributed by atoms with Crippen molar-refractivity contribution < 1.29 is 4.39 Å². The molecule has 0 bridgehead atoms. The standard InChI is InChI=1S/C14H22FN/c1-11(10-16-14(2,3)4)8-12-6-5-7-13(15)9-12/h5-7,9,11,16H,8,10H2,1-4H3. The van der Waals surface area contributed by atoms with Crippen molar-refractivity contribution in [3.63, 3.8) is 0 Å². The fraction of sp³-hybridized carbons (Fsp3) is 0.571. The van der Waals surface area contributed by atoms with Crippen LogP contribution in [-0.2, 0) is 6.42 Å². The van der Waals surface area contributed by atoms with Gasteiger partial charge in [0.15, 0.2) is 0 Å². The molecule has 16 heavy (non-hydrogen) atoms. The summed E-state index contributed by atoms with van der Waals surface area (Å²) in [4.78, 5) is 0. The summed E-state index contributed by atoms with van der Waals surface area (Å²) >= 11 is 0. The first kappa shape index (κ1) is 13.2. The number of rotatable bonds is 4. The Bertz CT molecular complexity index is 328. The van der Waals surface area contributed by atoms with E-state index in [0.29, 0.717) is 5.92 Å². The fourth-order valence-corrected chi connectivity index (χ4v) is 1.62. The average Bonchev–Trinajstić information content (AvgIpc) is 2.14. The smallest absolute Gasteiger partial charge is 0.123 e. The van der Waals surface area contributed by atoms with E-state index in [-0.39, 0.29) is 11.4 Å². The summed E-state index contributed by atoms with van der Waals surface area (Å²) in [7, 11) is 0. The first-order valence-electron chi connectivity index (χ1n) is 5.86. The number of nitrogens with one attached hydrogen (secondary N) is 1. The molecule has 1 nitrogen and oxygen atoms in total. The van der Waals surface area contributed by atoms with Gasteiger partial charge < -0.3 is 5.32 Å². The third-order valence-electron chi connectivity index (χ3n) is 2.45. The van der Waals surface area contributed by atoms with Gasteiger partial charge in [-0.2, -0.15) is 0 Å². The van der Waals surface area contributed by atoms with E-state index in [1.165, 1.54) is 6.07 Å². The van der Waals surface area contributed by atoms with Gasteiger partial charge in [-0.05, 0) is 57.4 Å². The summed E-state index contributed by atoms with van der Waals surface area (Å²) < 4.78 is 13.0. The highest BCUT2D eigenvalue weighted by Gasteiger charge is 2.11. The van der Waals surface area contributed by atoms with E-state index in [1.807, 2.05) is 6.07 Å². The van der Waals surface area contributed by atoms with Crippen LogP contribution in [0.4, 0.5) is 4.39 Å². The molecule has 1 N–H and O–H groups in total. The van der Waals surface area contributed by atoms with Gasteiger partial charge in [-0.25, -0.2) is 4.39 Å². The predicted octanol–water partition coefficient (Wildman–Crippen LogP) is 3.39. The highest BCUT2D eigenvalue weighted by Crippen LogP contribution is 2.10. The zero-order valence-corrected chi connectivity index (χ0v) is 10.7. The first-order valence-corrected chi connectivity index (χ1v) is 5.86. The van der Waals surface area contributed by atoms with Crippen molar-refractivity contribution in [1.82, 2.24) is 5.32 Å². The molecule has 0 spiro atoms. The van der Waals surface area contributed by atoms with Crippen molar-refractivity contribution >= 4 is 0 Å². The molecule has 1 unspecified atom stereocenters. The van der Waals surface area contributed by atoms with Crippen molar-refractivity contribution in [2.75, 3.05) is 6.54 Å². The maximum Gasteiger partial charge on any atom is 0.123 e. The molecule has 0 aromatic heterocycles. The molecule has 90 valence electrons. The molecular weight excluding hydrogens is 201 g/mol. The SMILES string of the molecule is CC(CNC(C)(C)C)Cc1cccc(F)c1. The van der Waals surface area contributed by atoms with Crippen LogP contribution in [0.25, 0.3) is 0 Å². The second kappa shape index (κ2) is 5.44. The Morgan fingerprint density at radius 1 is 1.31 bits per heavy atom. The van der Waals surface area contributed by atoms with Crippen LogP contribution in [0.15, 0.2) is 24.3 Å². The van der Waals surface area contributed by atoms with Crippen molar-refractivity contribution in [1.29, 1.82) is 0 Å². The lowest BCUT2D eigenvalue weighted by atomic mass is 9.99. The minimum Gasteiger partial charge on any atom is -0.312 e. The van der Waals surface area contributed by atoms with Crippen LogP contribution in [0.1, 0.15) is 33.3 Å².